The van der Waals surface area contributed by atoms with Crippen LogP contribution < -0.4 is 4.74 Å². The molecule has 0 radical (unpaired) electrons. The van der Waals surface area contributed by atoms with E-state index in [-0.39, 0.29) is 41.6 Å². The van der Waals surface area contributed by atoms with Crippen molar-refractivity contribution in [3.63, 3.8) is 0 Å². The summed E-state index contributed by atoms with van der Waals surface area (Å²) in [4.78, 5) is 20.6. The van der Waals surface area contributed by atoms with Crippen LogP contribution in [0, 0.1) is 16.7 Å². The lowest BCUT2D eigenvalue weighted by atomic mass is 9.56. The van der Waals surface area contributed by atoms with Crippen LogP contribution in [0.5, 0.6) is 5.75 Å². The standard InChI is InChI=1S/C31H47N3O5/c1-29(2)19-26-31(10-12-32(13-11-31)20-22-8-7-9-23(16-22)37-4)34(14-15-35)28(36)33(26)21-30(3)18-24(38-5)17-25(39-6)27(29)30/h7-9,16,19,24-25,27,35H,10-15,17-18,20-21H2,1-6H3/t24?,25-,27?,30?/m0/s1. The number of carbonyl (C=O) groups is 1. The summed E-state index contributed by atoms with van der Waals surface area (Å²) in [6.07, 6.45) is 6.01. The van der Waals surface area contributed by atoms with Crippen molar-refractivity contribution < 1.29 is 24.1 Å². The Morgan fingerprint density at radius 1 is 1.08 bits per heavy atom. The first-order chi connectivity index (χ1) is 18.6. The Hall–Kier alpha value is -2.13. The molecular weight excluding hydrogens is 494 g/mol. The van der Waals surface area contributed by atoms with E-state index in [4.69, 9.17) is 14.2 Å². The highest BCUT2D eigenvalue weighted by atomic mass is 16.5. The number of hydrogen-bond donors (Lipinski definition) is 1. The van der Waals surface area contributed by atoms with Crippen molar-refractivity contribution in [2.24, 2.45) is 16.7 Å². The molecule has 4 aliphatic rings. The van der Waals surface area contributed by atoms with Crippen molar-refractivity contribution in [3.05, 3.63) is 41.6 Å². The van der Waals surface area contributed by atoms with Crippen LogP contribution in [0.4, 0.5) is 4.79 Å². The van der Waals surface area contributed by atoms with Crippen LogP contribution in [0.1, 0.15) is 52.0 Å². The smallest absolute Gasteiger partial charge is 0.325 e. The summed E-state index contributed by atoms with van der Waals surface area (Å²) in [6.45, 7) is 10.5. The molecule has 3 aliphatic heterocycles. The lowest BCUT2D eigenvalue weighted by Crippen LogP contribution is -2.56. The Morgan fingerprint density at radius 3 is 2.46 bits per heavy atom. The summed E-state index contributed by atoms with van der Waals surface area (Å²) in [5, 5.41) is 10.0. The molecule has 3 unspecified atom stereocenters. The fourth-order valence-corrected chi connectivity index (χ4v) is 8.56. The number of likely N-dealkylation sites (tertiary alicyclic amines) is 1. The number of fused-ring (bicyclic) bond motifs is 3. The van der Waals surface area contributed by atoms with Gasteiger partial charge in [0.25, 0.3) is 0 Å². The highest BCUT2D eigenvalue weighted by Gasteiger charge is 2.61. The number of benzene rings is 1. The Morgan fingerprint density at radius 2 is 1.82 bits per heavy atom. The maximum absolute atomic E-state index is 14.1. The molecule has 0 bridgehead atoms. The summed E-state index contributed by atoms with van der Waals surface area (Å²) < 4.78 is 17.4. The molecule has 1 saturated carbocycles. The second-order valence-corrected chi connectivity index (χ2v) is 13.0. The van der Waals surface area contributed by atoms with Gasteiger partial charge in [0.1, 0.15) is 5.75 Å². The molecule has 8 heteroatoms. The van der Waals surface area contributed by atoms with Crippen LogP contribution in [-0.2, 0) is 16.0 Å². The van der Waals surface area contributed by atoms with Crippen LogP contribution >= 0.6 is 0 Å². The molecule has 39 heavy (non-hydrogen) atoms. The van der Waals surface area contributed by atoms with E-state index in [0.717, 1.165) is 56.8 Å². The third-order valence-corrected chi connectivity index (χ3v) is 10.1. The van der Waals surface area contributed by atoms with E-state index in [1.807, 2.05) is 24.1 Å². The largest absolute Gasteiger partial charge is 0.497 e. The first-order valence-corrected chi connectivity index (χ1v) is 14.4. The molecule has 3 heterocycles. The van der Waals surface area contributed by atoms with Gasteiger partial charge in [0.05, 0.1) is 31.5 Å². The van der Waals surface area contributed by atoms with Crippen molar-refractivity contribution in [3.8, 4) is 5.75 Å². The van der Waals surface area contributed by atoms with Gasteiger partial charge in [0.15, 0.2) is 0 Å². The zero-order chi connectivity index (χ0) is 28.0. The summed E-state index contributed by atoms with van der Waals surface area (Å²) in [5.41, 5.74) is 1.60. The molecule has 8 nitrogen and oxygen atoms in total. The maximum atomic E-state index is 14.1. The summed E-state index contributed by atoms with van der Waals surface area (Å²) in [5.74, 6) is 1.13. The van der Waals surface area contributed by atoms with E-state index in [0.29, 0.717) is 13.1 Å². The van der Waals surface area contributed by atoms with E-state index >= 15 is 0 Å². The quantitative estimate of drug-likeness (QED) is 0.560. The number of methoxy groups -OCH3 is 3. The van der Waals surface area contributed by atoms with Crippen LogP contribution in [0.15, 0.2) is 36.0 Å². The average Bonchev–Trinajstić information content (AvgIpc) is 3.04. The van der Waals surface area contributed by atoms with E-state index in [1.54, 1.807) is 14.2 Å². The van der Waals surface area contributed by atoms with Gasteiger partial charge in [0.2, 0.25) is 0 Å². The number of nitrogens with zero attached hydrogens (tertiary/aromatic N) is 3. The first kappa shape index (κ1) is 28.4. The van der Waals surface area contributed by atoms with Crippen LogP contribution in [0.3, 0.4) is 0 Å². The van der Waals surface area contributed by atoms with Gasteiger partial charge in [-0.1, -0.05) is 39.0 Å². The molecule has 1 aromatic carbocycles. The van der Waals surface area contributed by atoms with E-state index in [2.05, 4.69) is 48.8 Å². The van der Waals surface area contributed by atoms with Crippen molar-refractivity contribution in [2.75, 3.05) is 54.1 Å². The molecule has 2 saturated heterocycles. The normalized spacial score (nSPS) is 32.0. The molecule has 0 aromatic heterocycles. The Bertz CT molecular complexity index is 1080. The average molecular weight is 542 g/mol. The third-order valence-electron chi connectivity index (χ3n) is 10.1. The highest BCUT2D eigenvalue weighted by Crippen LogP contribution is 2.58. The minimum Gasteiger partial charge on any atom is -0.497 e. The monoisotopic (exact) mass is 541 g/mol. The van der Waals surface area contributed by atoms with Gasteiger partial charge < -0.3 is 24.2 Å². The van der Waals surface area contributed by atoms with E-state index < -0.39 is 5.54 Å². The topological polar surface area (TPSA) is 74.7 Å². The number of hydrogen-bond acceptors (Lipinski definition) is 6. The number of amides is 2. The van der Waals surface area contributed by atoms with Crippen molar-refractivity contribution in [1.29, 1.82) is 0 Å². The number of aliphatic hydroxyl groups excluding tert-OH is 1. The van der Waals surface area contributed by atoms with Crippen LogP contribution in [-0.4, -0.2) is 97.7 Å². The predicted octanol–water partition coefficient (Wildman–Crippen LogP) is 4.13. The predicted molar refractivity (Wildman–Crippen MR) is 150 cm³/mol. The molecule has 2 amide bonds. The van der Waals surface area contributed by atoms with Crippen molar-refractivity contribution in [1.82, 2.24) is 14.7 Å². The lowest BCUT2D eigenvalue weighted by Gasteiger charge is -2.53. The number of ether oxygens (including phenoxy) is 3. The second-order valence-electron chi connectivity index (χ2n) is 13.0. The number of urea groups is 1. The van der Waals surface area contributed by atoms with E-state index in [9.17, 15) is 9.90 Å². The minimum absolute atomic E-state index is 0.0303. The first-order valence-electron chi connectivity index (χ1n) is 14.4. The molecule has 1 aliphatic carbocycles. The van der Waals surface area contributed by atoms with Gasteiger partial charge in [-0.3, -0.25) is 9.80 Å². The Balaban J connectivity index is 1.47. The fraction of sp³-hybridized carbons (Fsp3) is 0.710. The molecule has 1 N–H and O–H groups in total. The number of carbonyl (C=O) groups excluding carboxylic acids is 1. The van der Waals surface area contributed by atoms with Crippen molar-refractivity contribution >= 4 is 6.03 Å². The Kier molecular flexibility index (Phi) is 7.79. The van der Waals surface area contributed by atoms with Gasteiger partial charge in [-0.2, -0.15) is 0 Å². The van der Waals surface area contributed by atoms with E-state index in [1.165, 1.54) is 5.56 Å². The molecular formula is C31H47N3O5. The molecule has 3 fully saturated rings. The SMILES string of the molecule is COc1cccc(CN2CCC3(CC2)C2=CC(C)(C)C4[C@@H](OC)CC(OC)CC4(C)CN2C(=O)N3CCO)c1. The maximum Gasteiger partial charge on any atom is 0.325 e. The third kappa shape index (κ3) is 4.88. The molecule has 4 atom stereocenters. The Labute approximate surface area is 233 Å². The summed E-state index contributed by atoms with van der Waals surface area (Å²) in [7, 11) is 5.29. The summed E-state index contributed by atoms with van der Waals surface area (Å²) >= 11 is 0. The van der Waals surface area contributed by atoms with Crippen LogP contribution in [0.2, 0.25) is 0 Å². The number of allylic oxidation sites excluding steroid dienone is 1. The van der Waals surface area contributed by atoms with Gasteiger partial charge in [-0.15, -0.1) is 0 Å². The molecule has 5 rings (SSSR count). The van der Waals surface area contributed by atoms with Crippen molar-refractivity contribution in [2.45, 2.75) is 70.7 Å². The zero-order valence-corrected chi connectivity index (χ0v) is 24.6. The number of β-amino-alcohol motifs (C(OH)–C–C–N with tert-alkyl or cyclic N) is 1. The van der Waals surface area contributed by atoms with Gasteiger partial charge in [-0.05, 0) is 47.8 Å². The molecule has 1 aromatic rings. The summed E-state index contributed by atoms with van der Waals surface area (Å²) in [6, 6.07) is 8.28. The number of aliphatic hydroxyl groups is 1. The van der Waals surface area contributed by atoms with Gasteiger partial charge in [0, 0.05) is 65.0 Å². The molecule has 216 valence electrons. The minimum atomic E-state index is -0.408. The second kappa shape index (κ2) is 10.7. The number of rotatable bonds is 7. The zero-order valence-electron chi connectivity index (χ0n) is 24.6. The van der Waals surface area contributed by atoms with Gasteiger partial charge >= 0.3 is 6.03 Å². The fourth-order valence-electron chi connectivity index (χ4n) is 8.56. The highest BCUT2D eigenvalue weighted by molar-refractivity contribution is 5.83. The number of piperidine rings is 1. The molecule has 1 spiro atoms. The lowest BCUT2D eigenvalue weighted by molar-refractivity contribution is -0.130. The van der Waals surface area contributed by atoms with Crippen LogP contribution in [0.25, 0.3) is 0 Å². The van der Waals surface area contributed by atoms with Gasteiger partial charge in [-0.25, -0.2) is 4.79 Å².